The van der Waals surface area contributed by atoms with Crippen molar-refractivity contribution in [2.24, 2.45) is 0 Å². The van der Waals surface area contributed by atoms with Gasteiger partial charge in [0.25, 0.3) is 5.91 Å². The molecule has 1 aliphatic heterocycles. The van der Waals surface area contributed by atoms with E-state index in [4.69, 9.17) is 14.2 Å². The fourth-order valence-electron chi connectivity index (χ4n) is 3.52. The second-order valence-corrected chi connectivity index (χ2v) is 9.84. The van der Waals surface area contributed by atoms with Gasteiger partial charge in [0.2, 0.25) is 10.0 Å². The molecule has 2 aromatic carbocycles. The fraction of sp³-hybridized carbons (Fsp3) is 0.435. The van der Waals surface area contributed by atoms with Crippen LogP contribution in [0.3, 0.4) is 0 Å². The van der Waals surface area contributed by atoms with Gasteiger partial charge in [0.05, 0.1) is 18.9 Å². The Bertz CT molecular complexity index is 1090. The Morgan fingerprint density at radius 3 is 2.62 bits per heavy atom. The average Bonchev–Trinajstić information content (AvgIpc) is 3.42. The summed E-state index contributed by atoms with van der Waals surface area (Å²) in [7, 11) is -2.40. The second kappa shape index (κ2) is 9.48. The highest BCUT2D eigenvalue weighted by Crippen LogP contribution is 2.30. The molecule has 0 aromatic heterocycles. The van der Waals surface area contributed by atoms with Crippen LogP contribution in [0.5, 0.6) is 11.5 Å². The van der Waals surface area contributed by atoms with Gasteiger partial charge >= 0.3 is 0 Å². The van der Waals surface area contributed by atoms with Gasteiger partial charge in [-0.15, -0.1) is 0 Å². The molecule has 0 spiro atoms. The van der Waals surface area contributed by atoms with Crippen molar-refractivity contribution in [3.05, 3.63) is 47.5 Å². The van der Waals surface area contributed by atoms with Crippen molar-refractivity contribution in [1.29, 1.82) is 0 Å². The first-order valence-corrected chi connectivity index (χ1v) is 12.2. The lowest BCUT2D eigenvalue weighted by atomic mass is 10.1. The summed E-state index contributed by atoms with van der Waals surface area (Å²) >= 11 is 0. The summed E-state index contributed by atoms with van der Waals surface area (Å²) in [4.78, 5) is 12.9. The summed E-state index contributed by atoms with van der Waals surface area (Å²) in [6.07, 6.45) is 3.63. The number of methoxy groups -OCH3 is 1. The normalized spacial score (nSPS) is 18.4. The molecule has 32 heavy (non-hydrogen) atoms. The van der Waals surface area contributed by atoms with E-state index >= 15 is 0 Å². The van der Waals surface area contributed by atoms with Crippen LogP contribution in [-0.4, -0.2) is 46.8 Å². The Labute approximate surface area is 188 Å². The van der Waals surface area contributed by atoms with E-state index in [1.807, 2.05) is 19.1 Å². The van der Waals surface area contributed by atoms with Gasteiger partial charge < -0.3 is 19.5 Å². The van der Waals surface area contributed by atoms with Gasteiger partial charge in [0, 0.05) is 18.2 Å². The minimum atomic E-state index is -3.79. The zero-order valence-electron chi connectivity index (χ0n) is 18.2. The first-order valence-electron chi connectivity index (χ1n) is 10.7. The monoisotopic (exact) mass is 460 g/mol. The van der Waals surface area contributed by atoms with E-state index in [-0.39, 0.29) is 28.4 Å². The highest BCUT2D eigenvalue weighted by atomic mass is 32.2. The van der Waals surface area contributed by atoms with Crippen LogP contribution in [0.4, 0.5) is 5.69 Å². The minimum absolute atomic E-state index is 0.0485. The number of hydrogen-bond donors (Lipinski definition) is 2. The first-order chi connectivity index (χ1) is 15.4. The average molecular weight is 461 g/mol. The SMILES string of the molecule is COc1ccc(C(=O)Nc2ccc(C)cc2OCC2CCCO2)cc1S(=O)(=O)NC1CC1. The molecule has 9 heteroatoms. The van der Waals surface area contributed by atoms with Crippen molar-refractivity contribution >= 4 is 21.6 Å². The topological polar surface area (TPSA) is 103 Å². The van der Waals surface area contributed by atoms with Crippen LogP contribution in [0.25, 0.3) is 0 Å². The van der Waals surface area contributed by atoms with E-state index in [2.05, 4.69) is 10.0 Å². The van der Waals surface area contributed by atoms with Gasteiger partial charge in [-0.05, 0) is 68.5 Å². The van der Waals surface area contributed by atoms with E-state index in [0.29, 0.717) is 18.0 Å². The molecule has 2 aromatic rings. The number of carbonyl (C=O) groups excluding carboxylic acids is 1. The van der Waals surface area contributed by atoms with Crippen molar-refractivity contribution in [2.45, 2.75) is 49.6 Å². The molecule has 2 fully saturated rings. The number of rotatable bonds is 9. The van der Waals surface area contributed by atoms with E-state index < -0.39 is 15.9 Å². The van der Waals surface area contributed by atoms with E-state index in [9.17, 15) is 13.2 Å². The molecule has 1 saturated carbocycles. The second-order valence-electron chi connectivity index (χ2n) is 8.16. The molecule has 1 amide bonds. The molecule has 0 bridgehead atoms. The summed E-state index contributed by atoms with van der Waals surface area (Å²) < 4.78 is 44.9. The molecule has 1 heterocycles. The van der Waals surface area contributed by atoms with Crippen LogP contribution in [0, 0.1) is 6.92 Å². The van der Waals surface area contributed by atoms with Gasteiger partial charge in [-0.2, -0.15) is 0 Å². The van der Waals surface area contributed by atoms with Crippen molar-refractivity contribution in [1.82, 2.24) is 4.72 Å². The number of anilines is 1. The minimum Gasteiger partial charge on any atom is -0.495 e. The number of carbonyl (C=O) groups is 1. The van der Waals surface area contributed by atoms with E-state index in [0.717, 1.165) is 37.9 Å². The lowest BCUT2D eigenvalue weighted by molar-refractivity contribution is 0.0681. The van der Waals surface area contributed by atoms with Gasteiger partial charge in [-0.25, -0.2) is 13.1 Å². The van der Waals surface area contributed by atoms with Crippen molar-refractivity contribution in [2.75, 3.05) is 25.6 Å². The molecule has 2 aliphatic rings. The molecule has 4 rings (SSSR count). The lowest BCUT2D eigenvalue weighted by Gasteiger charge is -2.16. The predicted molar refractivity (Wildman–Crippen MR) is 120 cm³/mol. The third-order valence-electron chi connectivity index (χ3n) is 5.45. The summed E-state index contributed by atoms with van der Waals surface area (Å²) in [5.41, 5.74) is 1.71. The maximum absolute atomic E-state index is 13.0. The summed E-state index contributed by atoms with van der Waals surface area (Å²) in [5, 5.41) is 2.84. The van der Waals surface area contributed by atoms with Gasteiger partial charge in [0.1, 0.15) is 23.0 Å². The highest BCUT2D eigenvalue weighted by molar-refractivity contribution is 7.89. The van der Waals surface area contributed by atoms with Gasteiger partial charge in [0.15, 0.2) is 0 Å². The maximum Gasteiger partial charge on any atom is 0.255 e. The van der Waals surface area contributed by atoms with Gasteiger partial charge in [-0.1, -0.05) is 6.07 Å². The summed E-state index contributed by atoms with van der Waals surface area (Å²) in [5.74, 6) is 0.289. The van der Waals surface area contributed by atoms with Gasteiger partial charge in [-0.3, -0.25) is 4.79 Å². The summed E-state index contributed by atoms with van der Waals surface area (Å²) in [6, 6.07) is 9.80. The fourth-order valence-corrected chi connectivity index (χ4v) is 5.02. The lowest BCUT2D eigenvalue weighted by Crippen LogP contribution is -2.26. The Kier molecular flexibility index (Phi) is 6.68. The highest BCUT2D eigenvalue weighted by Gasteiger charge is 2.30. The smallest absolute Gasteiger partial charge is 0.255 e. The van der Waals surface area contributed by atoms with Crippen molar-refractivity contribution in [3.63, 3.8) is 0 Å². The molecule has 2 N–H and O–H groups in total. The van der Waals surface area contributed by atoms with Crippen LogP contribution in [0.2, 0.25) is 0 Å². The van der Waals surface area contributed by atoms with Crippen LogP contribution in [0.15, 0.2) is 41.3 Å². The Morgan fingerprint density at radius 1 is 1.12 bits per heavy atom. The van der Waals surface area contributed by atoms with Crippen LogP contribution in [-0.2, 0) is 14.8 Å². The van der Waals surface area contributed by atoms with E-state index in [1.54, 1.807) is 6.07 Å². The van der Waals surface area contributed by atoms with Crippen molar-refractivity contribution in [3.8, 4) is 11.5 Å². The molecule has 1 unspecified atom stereocenters. The Hall–Kier alpha value is -2.62. The Balaban J connectivity index is 1.54. The largest absolute Gasteiger partial charge is 0.495 e. The predicted octanol–water partition coefficient (Wildman–Crippen LogP) is 3.25. The quantitative estimate of drug-likeness (QED) is 0.596. The molecule has 0 radical (unpaired) electrons. The standard InChI is InChI=1S/C23H28N2O6S/c1-15-5-9-19(21(12-15)31-14-18-4-3-11-30-18)24-23(26)16-6-10-20(29-2)22(13-16)32(27,28)25-17-7-8-17/h5-6,9-10,12-13,17-18,25H,3-4,7-8,11,14H2,1-2H3,(H,24,26). The summed E-state index contributed by atoms with van der Waals surface area (Å²) in [6.45, 7) is 3.09. The van der Waals surface area contributed by atoms with E-state index in [1.165, 1.54) is 25.3 Å². The van der Waals surface area contributed by atoms with Crippen molar-refractivity contribution < 1.29 is 27.4 Å². The molecule has 172 valence electrons. The Morgan fingerprint density at radius 2 is 1.94 bits per heavy atom. The molecule has 8 nitrogen and oxygen atoms in total. The molecule has 1 aliphatic carbocycles. The molecular weight excluding hydrogens is 432 g/mol. The molecule has 1 saturated heterocycles. The molecule has 1 atom stereocenters. The number of amides is 1. The number of sulfonamides is 1. The number of nitrogens with one attached hydrogen (secondary N) is 2. The first kappa shape index (κ1) is 22.6. The van der Waals surface area contributed by atoms with Crippen LogP contribution in [0.1, 0.15) is 41.6 Å². The number of benzene rings is 2. The number of aryl methyl sites for hydroxylation is 1. The number of hydrogen-bond acceptors (Lipinski definition) is 6. The third kappa shape index (κ3) is 5.40. The maximum atomic E-state index is 13.0. The molecular formula is C23H28N2O6S. The zero-order valence-corrected chi connectivity index (χ0v) is 19.0. The zero-order chi connectivity index (χ0) is 22.7. The van der Waals surface area contributed by atoms with Crippen LogP contribution < -0.4 is 19.5 Å². The number of ether oxygens (including phenoxy) is 3. The van der Waals surface area contributed by atoms with Crippen LogP contribution >= 0.6 is 0 Å². The third-order valence-corrected chi connectivity index (χ3v) is 6.99.